The molecule has 0 aliphatic carbocycles. The maximum absolute atomic E-state index is 5.96. The number of benzene rings is 1. The molecule has 0 bridgehead atoms. The van der Waals surface area contributed by atoms with Crippen molar-refractivity contribution in [2.45, 2.75) is 25.8 Å². The maximum Gasteiger partial charge on any atom is 0.126 e. The van der Waals surface area contributed by atoms with Gasteiger partial charge in [0.25, 0.3) is 0 Å². The molecule has 1 aromatic carbocycles. The van der Waals surface area contributed by atoms with E-state index in [-0.39, 0.29) is 0 Å². The first-order valence-corrected chi connectivity index (χ1v) is 7.90. The molecule has 19 heavy (non-hydrogen) atoms. The van der Waals surface area contributed by atoms with Crippen LogP contribution in [0.1, 0.15) is 22.3 Å². The van der Waals surface area contributed by atoms with Gasteiger partial charge in [-0.2, -0.15) is 0 Å². The molecule has 1 aromatic heterocycles. The Kier molecular flexibility index (Phi) is 4.99. The standard InChI is InChI=1S/C15H15Br2NO/c1-10-3-12(8-18-7-10)9-19-15-11(2)4-14(17)5-13(15)6-16/h3-5,7-8H,6,9H2,1-2H3. The Labute approximate surface area is 130 Å². The lowest BCUT2D eigenvalue weighted by molar-refractivity contribution is 0.301. The van der Waals surface area contributed by atoms with Crippen LogP contribution in [0, 0.1) is 13.8 Å². The molecule has 4 heteroatoms. The van der Waals surface area contributed by atoms with Crippen LogP contribution in [0.3, 0.4) is 0 Å². The number of rotatable bonds is 4. The molecule has 0 fully saturated rings. The fourth-order valence-electron chi connectivity index (χ4n) is 1.96. The SMILES string of the molecule is Cc1cncc(COc2c(C)cc(Br)cc2CBr)c1. The summed E-state index contributed by atoms with van der Waals surface area (Å²) >= 11 is 7.01. The van der Waals surface area contributed by atoms with Gasteiger partial charge in [0.05, 0.1) is 0 Å². The Balaban J connectivity index is 2.19. The van der Waals surface area contributed by atoms with E-state index >= 15 is 0 Å². The van der Waals surface area contributed by atoms with Gasteiger partial charge in [-0.1, -0.05) is 31.9 Å². The lowest BCUT2D eigenvalue weighted by Crippen LogP contribution is -2.01. The smallest absolute Gasteiger partial charge is 0.126 e. The highest BCUT2D eigenvalue weighted by atomic mass is 79.9. The number of aromatic nitrogens is 1. The number of hydrogen-bond acceptors (Lipinski definition) is 2. The van der Waals surface area contributed by atoms with Crippen molar-refractivity contribution in [3.8, 4) is 5.75 Å². The van der Waals surface area contributed by atoms with Crippen LogP contribution in [-0.4, -0.2) is 4.98 Å². The predicted octanol–water partition coefficient (Wildman–Crippen LogP) is 4.93. The quantitative estimate of drug-likeness (QED) is 0.697. The molecule has 0 aliphatic heterocycles. The van der Waals surface area contributed by atoms with E-state index in [0.29, 0.717) is 6.61 Å². The molecule has 0 saturated carbocycles. The number of nitrogens with zero attached hydrogens (tertiary/aromatic N) is 1. The Bertz CT molecular complexity index is 584. The van der Waals surface area contributed by atoms with Crippen molar-refractivity contribution in [1.29, 1.82) is 0 Å². The minimum Gasteiger partial charge on any atom is -0.488 e. The van der Waals surface area contributed by atoms with Gasteiger partial charge in [0, 0.05) is 33.3 Å². The van der Waals surface area contributed by atoms with E-state index in [0.717, 1.165) is 37.8 Å². The number of pyridine rings is 1. The van der Waals surface area contributed by atoms with E-state index in [1.807, 2.05) is 19.3 Å². The summed E-state index contributed by atoms with van der Waals surface area (Å²) in [7, 11) is 0. The second kappa shape index (κ2) is 6.53. The molecule has 1 heterocycles. The Morgan fingerprint density at radius 1 is 1.16 bits per heavy atom. The van der Waals surface area contributed by atoms with E-state index < -0.39 is 0 Å². The van der Waals surface area contributed by atoms with Crippen LogP contribution in [0.25, 0.3) is 0 Å². The van der Waals surface area contributed by atoms with Gasteiger partial charge >= 0.3 is 0 Å². The van der Waals surface area contributed by atoms with Crippen LogP contribution in [0.5, 0.6) is 5.75 Å². The lowest BCUT2D eigenvalue weighted by atomic mass is 10.1. The highest BCUT2D eigenvalue weighted by Gasteiger charge is 2.08. The topological polar surface area (TPSA) is 22.1 Å². The average Bonchev–Trinajstić information content (AvgIpc) is 2.37. The summed E-state index contributed by atoms with van der Waals surface area (Å²) in [4.78, 5) is 4.18. The van der Waals surface area contributed by atoms with Crippen LogP contribution < -0.4 is 4.74 Å². The first kappa shape index (κ1) is 14.5. The van der Waals surface area contributed by atoms with Crippen molar-refractivity contribution in [3.63, 3.8) is 0 Å². The number of halogens is 2. The fourth-order valence-corrected chi connectivity index (χ4v) is 2.99. The zero-order valence-corrected chi connectivity index (χ0v) is 14.1. The summed E-state index contributed by atoms with van der Waals surface area (Å²) in [5.41, 5.74) is 4.51. The summed E-state index contributed by atoms with van der Waals surface area (Å²) in [5, 5.41) is 0.773. The number of ether oxygens (including phenoxy) is 1. The third-order valence-electron chi connectivity index (χ3n) is 2.78. The molecule has 0 atom stereocenters. The van der Waals surface area contributed by atoms with Crippen LogP contribution in [0.4, 0.5) is 0 Å². The second-order valence-corrected chi connectivity index (χ2v) is 5.98. The fraction of sp³-hybridized carbons (Fsp3) is 0.267. The average molecular weight is 385 g/mol. The summed E-state index contributed by atoms with van der Waals surface area (Å²) in [5.74, 6) is 0.946. The molecular formula is C15H15Br2NO. The van der Waals surface area contributed by atoms with Gasteiger partial charge in [-0.25, -0.2) is 0 Å². The molecule has 0 spiro atoms. The van der Waals surface area contributed by atoms with Crippen molar-refractivity contribution in [1.82, 2.24) is 4.98 Å². The van der Waals surface area contributed by atoms with Gasteiger partial charge in [0.15, 0.2) is 0 Å². The molecule has 100 valence electrons. The monoisotopic (exact) mass is 383 g/mol. The molecule has 0 saturated heterocycles. The van der Waals surface area contributed by atoms with E-state index in [1.54, 1.807) is 0 Å². The van der Waals surface area contributed by atoms with Gasteiger partial charge in [-0.3, -0.25) is 4.98 Å². The van der Waals surface area contributed by atoms with Crippen molar-refractivity contribution < 1.29 is 4.74 Å². The van der Waals surface area contributed by atoms with E-state index in [9.17, 15) is 0 Å². The Morgan fingerprint density at radius 3 is 2.63 bits per heavy atom. The first-order valence-electron chi connectivity index (χ1n) is 5.98. The summed E-state index contributed by atoms with van der Waals surface area (Å²) in [6.45, 7) is 4.63. The first-order chi connectivity index (χ1) is 9.10. The zero-order valence-electron chi connectivity index (χ0n) is 10.9. The Hall–Kier alpha value is -0.870. The predicted molar refractivity (Wildman–Crippen MR) is 84.8 cm³/mol. The minimum absolute atomic E-state index is 0.539. The van der Waals surface area contributed by atoms with Gasteiger partial charge in [0.1, 0.15) is 12.4 Å². The molecule has 0 radical (unpaired) electrons. The zero-order chi connectivity index (χ0) is 13.8. The van der Waals surface area contributed by atoms with Crippen molar-refractivity contribution in [2.24, 2.45) is 0 Å². The molecule has 0 N–H and O–H groups in total. The second-order valence-electron chi connectivity index (χ2n) is 4.50. The van der Waals surface area contributed by atoms with E-state index in [2.05, 4.69) is 62.0 Å². The number of aryl methyl sites for hydroxylation is 2. The maximum atomic E-state index is 5.96. The summed E-state index contributed by atoms with van der Waals surface area (Å²) < 4.78 is 7.04. The summed E-state index contributed by atoms with van der Waals surface area (Å²) in [6, 6.07) is 6.23. The van der Waals surface area contributed by atoms with Crippen molar-refractivity contribution >= 4 is 31.9 Å². The lowest BCUT2D eigenvalue weighted by Gasteiger charge is -2.14. The number of hydrogen-bond donors (Lipinski definition) is 0. The molecule has 2 nitrogen and oxygen atoms in total. The molecular weight excluding hydrogens is 370 g/mol. The third kappa shape index (κ3) is 3.80. The molecule has 0 unspecified atom stereocenters. The van der Waals surface area contributed by atoms with E-state index in [4.69, 9.17) is 4.74 Å². The van der Waals surface area contributed by atoms with Gasteiger partial charge in [-0.05, 0) is 43.2 Å². The van der Waals surface area contributed by atoms with Gasteiger partial charge < -0.3 is 4.74 Å². The van der Waals surface area contributed by atoms with Crippen LogP contribution >= 0.6 is 31.9 Å². The highest BCUT2D eigenvalue weighted by Crippen LogP contribution is 2.30. The normalized spacial score (nSPS) is 10.5. The minimum atomic E-state index is 0.539. The van der Waals surface area contributed by atoms with Crippen LogP contribution in [-0.2, 0) is 11.9 Å². The van der Waals surface area contributed by atoms with Gasteiger partial charge in [0.2, 0.25) is 0 Å². The molecule has 0 amide bonds. The highest BCUT2D eigenvalue weighted by molar-refractivity contribution is 9.10. The number of alkyl halides is 1. The van der Waals surface area contributed by atoms with Crippen LogP contribution in [0.2, 0.25) is 0 Å². The molecule has 0 aliphatic rings. The molecule has 2 rings (SSSR count). The van der Waals surface area contributed by atoms with Crippen molar-refractivity contribution in [3.05, 3.63) is 57.3 Å². The largest absolute Gasteiger partial charge is 0.488 e. The van der Waals surface area contributed by atoms with Crippen LogP contribution in [0.15, 0.2) is 35.1 Å². The third-order valence-corrected chi connectivity index (χ3v) is 3.84. The Morgan fingerprint density at radius 2 is 1.95 bits per heavy atom. The summed E-state index contributed by atoms with van der Waals surface area (Å²) in [6.07, 6.45) is 3.69. The van der Waals surface area contributed by atoms with Crippen molar-refractivity contribution in [2.75, 3.05) is 0 Å². The molecule has 2 aromatic rings. The van der Waals surface area contributed by atoms with Gasteiger partial charge in [-0.15, -0.1) is 0 Å². The van der Waals surface area contributed by atoms with E-state index in [1.165, 1.54) is 0 Å².